The van der Waals surface area contributed by atoms with Crippen molar-refractivity contribution >= 4 is 46.6 Å². The Kier molecular flexibility index (Phi) is 6.36. The fourth-order valence-corrected chi connectivity index (χ4v) is 3.15. The van der Waals surface area contributed by atoms with Gasteiger partial charge in [0.1, 0.15) is 11.6 Å². The fourth-order valence-electron chi connectivity index (χ4n) is 2.70. The Morgan fingerprint density at radius 2 is 1.85 bits per heavy atom. The summed E-state index contributed by atoms with van der Waals surface area (Å²) in [5, 5.41) is 12.8. The highest BCUT2D eigenvalue weighted by Crippen LogP contribution is 2.26. The quantitative estimate of drug-likeness (QED) is 0.609. The lowest BCUT2D eigenvalue weighted by atomic mass is 10.1. The molecule has 0 aromatic heterocycles. The Morgan fingerprint density at radius 3 is 2.48 bits per heavy atom. The molecule has 0 atom stereocenters. The molecule has 0 unspecified atom stereocenters. The van der Waals surface area contributed by atoms with Crippen LogP contribution in [0, 0.1) is 11.3 Å². The molecule has 0 bridgehead atoms. The highest BCUT2D eigenvalue weighted by molar-refractivity contribution is 6.36. The fraction of sp³-hybridized carbons (Fsp3) is 0.200. The van der Waals surface area contributed by atoms with Gasteiger partial charge in [0, 0.05) is 23.8 Å². The zero-order chi connectivity index (χ0) is 19.2. The zero-order valence-corrected chi connectivity index (χ0v) is 15.9. The van der Waals surface area contributed by atoms with E-state index in [-0.39, 0.29) is 5.57 Å². The normalized spacial score (nSPS) is 14.6. The first-order chi connectivity index (χ1) is 13.1. The van der Waals surface area contributed by atoms with Crippen molar-refractivity contribution in [2.45, 2.75) is 0 Å². The summed E-state index contributed by atoms with van der Waals surface area (Å²) in [6, 6.07) is 14.4. The van der Waals surface area contributed by atoms with E-state index in [4.69, 9.17) is 27.9 Å². The highest BCUT2D eigenvalue weighted by Gasteiger charge is 2.13. The van der Waals surface area contributed by atoms with Crippen molar-refractivity contribution in [1.29, 1.82) is 5.26 Å². The van der Waals surface area contributed by atoms with E-state index in [1.807, 2.05) is 30.3 Å². The van der Waals surface area contributed by atoms with E-state index in [1.54, 1.807) is 18.2 Å². The minimum Gasteiger partial charge on any atom is -0.378 e. The van der Waals surface area contributed by atoms with Gasteiger partial charge in [-0.3, -0.25) is 4.79 Å². The van der Waals surface area contributed by atoms with E-state index in [9.17, 15) is 10.1 Å². The lowest BCUT2D eigenvalue weighted by molar-refractivity contribution is -0.112. The standard InChI is InChI=1S/C20H17Cl2N3O2/c21-16-3-6-19(18(22)12-16)24-20(26)15(13-23)11-14-1-4-17(5-2-14)25-7-9-27-10-8-25/h1-6,11-12H,7-10H2,(H,24,26). The van der Waals surface area contributed by atoms with E-state index in [0.717, 1.165) is 24.3 Å². The summed E-state index contributed by atoms with van der Waals surface area (Å²) in [6.07, 6.45) is 1.54. The van der Waals surface area contributed by atoms with E-state index in [1.165, 1.54) is 6.07 Å². The number of nitrogens with one attached hydrogen (secondary N) is 1. The number of carbonyl (C=O) groups is 1. The number of halogens is 2. The molecule has 0 radical (unpaired) electrons. The van der Waals surface area contributed by atoms with Crippen LogP contribution in [0.1, 0.15) is 5.56 Å². The minimum absolute atomic E-state index is 0.0138. The number of carbonyl (C=O) groups excluding carboxylic acids is 1. The molecule has 3 rings (SSSR count). The molecule has 138 valence electrons. The van der Waals surface area contributed by atoms with Gasteiger partial charge >= 0.3 is 0 Å². The zero-order valence-electron chi connectivity index (χ0n) is 14.4. The number of morpholine rings is 1. The van der Waals surface area contributed by atoms with Crippen LogP contribution in [0.15, 0.2) is 48.0 Å². The number of hydrogen-bond donors (Lipinski definition) is 1. The molecule has 2 aromatic carbocycles. The Balaban J connectivity index is 1.73. The first-order valence-electron chi connectivity index (χ1n) is 8.38. The molecular weight excluding hydrogens is 385 g/mol. The van der Waals surface area contributed by atoms with Crippen LogP contribution in [0.3, 0.4) is 0 Å². The predicted octanol–water partition coefficient (Wildman–Crippen LogP) is 4.38. The number of anilines is 2. The molecule has 7 heteroatoms. The minimum atomic E-state index is -0.529. The number of benzene rings is 2. The van der Waals surface area contributed by atoms with Gasteiger partial charge in [-0.1, -0.05) is 35.3 Å². The van der Waals surface area contributed by atoms with Crippen molar-refractivity contribution in [3.8, 4) is 6.07 Å². The van der Waals surface area contributed by atoms with Crippen molar-refractivity contribution < 1.29 is 9.53 Å². The molecule has 1 N–H and O–H groups in total. The van der Waals surface area contributed by atoms with Gasteiger partial charge in [-0.15, -0.1) is 0 Å². The van der Waals surface area contributed by atoms with Crippen molar-refractivity contribution in [2.24, 2.45) is 0 Å². The lowest BCUT2D eigenvalue weighted by Crippen LogP contribution is -2.36. The Labute approximate surface area is 167 Å². The second kappa shape index (κ2) is 8.92. The summed E-state index contributed by atoms with van der Waals surface area (Å²) in [6.45, 7) is 3.13. The molecule has 1 aliphatic heterocycles. The topological polar surface area (TPSA) is 65.4 Å². The SMILES string of the molecule is N#CC(=Cc1ccc(N2CCOCC2)cc1)C(=O)Nc1ccc(Cl)cc1Cl. The van der Waals surface area contributed by atoms with Crippen molar-refractivity contribution in [1.82, 2.24) is 0 Å². The van der Waals surface area contributed by atoms with Gasteiger partial charge in [-0.25, -0.2) is 0 Å². The third-order valence-corrected chi connectivity index (χ3v) is 4.67. The number of rotatable bonds is 4. The van der Waals surface area contributed by atoms with Gasteiger partial charge in [0.15, 0.2) is 0 Å². The summed E-state index contributed by atoms with van der Waals surface area (Å²) in [4.78, 5) is 14.6. The second-order valence-corrected chi connectivity index (χ2v) is 6.78. The molecule has 0 saturated carbocycles. The summed E-state index contributed by atoms with van der Waals surface area (Å²) in [7, 11) is 0. The van der Waals surface area contributed by atoms with Crippen LogP contribution in [0.2, 0.25) is 10.0 Å². The molecule has 1 saturated heterocycles. The van der Waals surface area contributed by atoms with Crippen LogP contribution in [-0.2, 0) is 9.53 Å². The van der Waals surface area contributed by atoms with Crippen molar-refractivity contribution in [2.75, 3.05) is 36.5 Å². The molecule has 27 heavy (non-hydrogen) atoms. The maximum Gasteiger partial charge on any atom is 0.266 e. The largest absolute Gasteiger partial charge is 0.378 e. The summed E-state index contributed by atoms with van der Waals surface area (Å²) >= 11 is 11.9. The highest BCUT2D eigenvalue weighted by atomic mass is 35.5. The first kappa shape index (κ1) is 19.2. The lowest BCUT2D eigenvalue weighted by Gasteiger charge is -2.28. The van der Waals surface area contributed by atoms with Crippen LogP contribution < -0.4 is 10.2 Å². The van der Waals surface area contributed by atoms with Crippen LogP contribution in [0.5, 0.6) is 0 Å². The number of hydrogen-bond acceptors (Lipinski definition) is 4. The van der Waals surface area contributed by atoms with Crippen LogP contribution in [0.4, 0.5) is 11.4 Å². The van der Waals surface area contributed by atoms with E-state index in [0.29, 0.717) is 28.9 Å². The summed E-state index contributed by atoms with van der Waals surface area (Å²) in [5.74, 6) is -0.529. The smallest absolute Gasteiger partial charge is 0.266 e. The summed E-state index contributed by atoms with van der Waals surface area (Å²) in [5.41, 5.74) is 2.24. The monoisotopic (exact) mass is 401 g/mol. The average Bonchev–Trinajstić information content (AvgIpc) is 2.69. The molecular formula is C20H17Cl2N3O2. The predicted molar refractivity (Wildman–Crippen MR) is 108 cm³/mol. The van der Waals surface area contributed by atoms with E-state index >= 15 is 0 Å². The molecule has 0 spiro atoms. The van der Waals surface area contributed by atoms with Gasteiger partial charge in [-0.2, -0.15) is 5.26 Å². The molecule has 1 aliphatic rings. The van der Waals surface area contributed by atoms with Gasteiger partial charge in [0.25, 0.3) is 5.91 Å². The molecule has 1 amide bonds. The van der Waals surface area contributed by atoms with Crippen molar-refractivity contribution in [3.63, 3.8) is 0 Å². The van der Waals surface area contributed by atoms with E-state index < -0.39 is 5.91 Å². The third kappa shape index (κ3) is 5.01. The van der Waals surface area contributed by atoms with Gasteiger partial charge in [0.05, 0.1) is 23.9 Å². The number of amides is 1. The Hall–Kier alpha value is -2.52. The molecule has 0 aliphatic carbocycles. The van der Waals surface area contributed by atoms with E-state index in [2.05, 4.69) is 10.2 Å². The van der Waals surface area contributed by atoms with Crippen LogP contribution >= 0.6 is 23.2 Å². The van der Waals surface area contributed by atoms with Crippen LogP contribution in [-0.4, -0.2) is 32.2 Å². The maximum atomic E-state index is 12.4. The molecule has 1 heterocycles. The summed E-state index contributed by atoms with van der Waals surface area (Å²) < 4.78 is 5.35. The second-order valence-electron chi connectivity index (χ2n) is 5.94. The molecule has 5 nitrogen and oxygen atoms in total. The molecule has 1 fully saturated rings. The van der Waals surface area contributed by atoms with Gasteiger partial charge in [0.2, 0.25) is 0 Å². The molecule has 2 aromatic rings. The van der Waals surface area contributed by atoms with Crippen molar-refractivity contribution in [3.05, 3.63) is 63.6 Å². The first-order valence-corrected chi connectivity index (χ1v) is 9.13. The third-order valence-electron chi connectivity index (χ3n) is 4.12. The van der Waals surface area contributed by atoms with Gasteiger partial charge in [-0.05, 0) is 42.0 Å². The van der Waals surface area contributed by atoms with Gasteiger partial charge < -0.3 is 15.0 Å². The Bertz CT molecular complexity index is 898. The number of ether oxygens (including phenoxy) is 1. The number of nitriles is 1. The Morgan fingerprint density at radius 1 is 1.15 bits per heavy atom. The number of nitrogens with zero attached hydrogens (tertiary/aromatic N) is 2. The maximum absolute atomic E-state index is 12.4. The van der Waals surface area contributed by atoms with Crippen LogP contribution in [0.25, 0.3) is 6.08 Å². The average molecular weight is 402 g/mol.